The fraction of sp³-hybridized carbons (Fsp3) is 0.167. The highest BCUT2D eigenvalue weighted by Crippen LogP contribution is 2.28. The van der Waals surface area contributed by atoms with E-state index in [0.29, 0.717) is 35.2 Å². The molecule has 178 valence electrons. The molecular formula is C24H25N3O6S. The molecule has 3 aromatic rings. The second-order valence-corrected chi connectivity index (χ2v) is 8.82. The number of amides is 2. The van der Waals surface area contributed by atoms with Crippen molar-refractivity contribution >= 4 is 38.9 Å². The van der Waals surface area contributed by atoms with Gasteiger partial charge in [0.2, 0.25) is 5.91 Å². The van der Waals surface area contributed by atoms with Gasteiger partial charge in [-0.15, -0.1) is 0 Å². The van der Waals surface area contributed by atoms with E-state index in [1.165, 1.54) is 38.3 Å². The van der Waals surface area contributed by atoms with Gasteiger partial charge >= 0.3 is 0 Å². The lowest BCUT2D eigenvalue weighted by molar-refractivity contribution is -0.114. The van der Waals surface area contributed by atoms with Gasteiger partial charge in [-0.25, -0.2) is 8.42 Å². The molecule has 3 aromatic carbocycles. The number of hydrogen-bond donors (Lipinski definition) is 3. The third-order valence-electron chi connectivity index (χ3n) is 4.61. The minimum Gasteiger partial charge on any atom is -0.495 e. The Morgan fingerprint density at radius 3 is 2.12 bits per heavy atom. The molecule has 0 aliphatic heterocycles. The molecule has 0 aliphatic carbocycles. The highest BCUT2D eigenvalue weighted by molar-refractivity contribution is 7.92. The molecule has 0 saturated carbocycles. The molecule has 0 unspecified atom stereocenters. The first kappa shape index (κ1) is 24.6. The van der Waals surface area contributed by atoms with Gasteiger partial charge in [0.25, 0.3) is 15.9 Å². The summed E-state index contributed by atoms with van der Waals surface area (Å²) < 4.78 is 38.5. The highest BCUT2D eigenvalue weighted by Gasteiger charge is 2.16. The Hall–Kier alpha value is -4.05. The molecule has 0 aromatic heterocycles. The average Bonchev–Trinajstić information content (AvgIpc) is 2.80. The van der Waals surface area contributed by atoms with Crippen LogP contribution in [0, 0.1) is 0 Å². The quantitative estimate of drug-likeness (QED) is 0.421. The lowest BCUT2D eigenvalue weighted by Crippen LogP contribution is -2.15. The number of carbonyl (C=O) groups excluding carboxylic acids is 2. The number of sulfonamides is 1. The standard InChI is InChI=1S/C24H25N3O6S/c1-4-33-20-10-7-18(8-11-20)27-34(30,31)21-12-5-17(6-13-21)24(29)26-22-15-19(25-16(2)28)9-14-23(22)32-3/h5-15,27H,4H2,1-3H3,(H,25,28)(H,26,29). The lowest BCUT2D eigenvalue weighted by Gasteiger charge is -2.13. The van der Waals surface area contributed by atoms with Crippen molar-refractivity contribution in [1.82, 2.24) is 0 Å². The summed E-state index contributed by atoms with van der Waals surface area (Å²) in [6.45, 7) is 3.75. The van der Waals surface area contributed by atoms with Crippen molar-refractivity contribution < 1.29 is 27.5 Å². The van der Waals surface area contributed by atoms with Crippen LogP contribution >= 0.6 is 0 Å². The number of hydrogen-bond acceptors (Lipinski definition) is 6. The number of anilines is 3. The molecular weight excluding hydrogens is 458 g/mol. The Morgan fingerprint density at radius 2 is 1.53 bits per heavy atom. The van der Waals surface area contributed by atoms with E-state index in [1.54, 1.807) is 42.5 Å². The summed E-state index contributed by atoms with van der Waals surface area (Å²) in [7, 11) is -2.39. The number of methoxy groups -OCH3 is 1. The second kappa shape index (κ2) is 10.7. The summed E-state index contributed by atoms with van der Waals surface area (Å²) in [5.41, 5.74) is 1.47. The fourth-order valence-corrected chi connectivity index (χ4v) is 4.13. The molecule has 3 rings (SSSR count). The SMILES string of the molecule is CCOc1ccc(NS(=O)(=O)c2ccc(C(=O)Nc3cc(NC(C)=O)ccc3OC)cc2)cc1. The van der Waals surface area contributed by atoms with E-state index in [0.717, 1.165) is 0 Å². The Morgan fingerprint density at radius 1 is 0.882 bits per heavy atom. The Bertz CT molecular complexity index is 1270. The molecule has 0 aliphatic rings. The topological polar surface area (TPSA) is 123 Å². The Labute approximate surface area is 198 Å². The van der Waals surface area contributed by atoms with Crippen LogP contribution in [0.2, 0.25) is 0 Å². The van der Waals surface area contributed by atoms with Crippen LogP contribution in [0.3, 0.4) is 0 Å². The first-order valence-corrected chi connectivity index (χ1v) is 11.8. The van der Waals surface area contributed by atoms with Gasteiger partial charge < -0.3 is 20.1 Å². The van der Waals surface area contributed by atoms with E-state index in [4.69, 9.17) is 9.47 Å². The van der Waals surface area contributed by atoms with E-state index in [9.17, 15) is 18.0 Å². The van der Waals surface area contributed by atoms with Gasteiger partial charge in [-0.3, -0.25) is 14.3 Å². The second-order valence-electron chi connectivity index (χ2n) is 7.14. The normalized spacial score (nSPS) is 10.8. The zero-order chi connectivity index (χ0) is 24.7. The van der Waals surface area contributed by atoms with Crippen molar-refractivity contribution in [3.63, 3.8) is 0 Å². The molecule has 0 bridgehead atoms. The zero-order valence-corrected chi connectivity index (χ0v) is 19.7. The molecule has 34 heavy (non-hydrogen) atoms. The van der Waals surface area contributed by atoms with Crippen LogP contribution in [0.25, 0.3) is 0 Å². The van der Waals surface area contributed by atoms with Crippen molar-refractivity contribution in [2.75, 3.05) is 29.1 Å². The van der Waals surface area contributed by atoms with E-state index in [1.807, 2.05) is 6.92 Å². The smallest absolute Gasteiger partial charge is 0.261 e. The minimum atomic E-state index is -3.85. The minimum absolute atomic E-state index is 0.00294. The van der Waals surface area contributed by atoms with Gasteiger partial charge in [0.15, 0.2) is 0 Å². The monoisotopic (exact) mass is 483 g/mol. The van der Waals surface area contributed by atoms with Gasteiger partial charge in [-0.1, -0.05) is 0 Å². The summed E-state index contributed by atoms with van der Waals surface area (Å²) in [4.78, 5) is 24.0. The largest absolute Gasteiger partial charge is 0.495 e. The first-order valence-electron chi connectivity index (χ1n) is 10.3. The van der Waals surface area contributed by atoms with Crippen LogP contribution in [0.1, 0.15) is 24.2 Å². The summed E-state index contributed by atoms with van der Waals surface area (Å²) in [5.74, 6) is 0.320. The predicted octanol–water partition coefficient (Wildman–Crippen LogP) is 4.11. The van der Waals surface area contributed by atoms with E-state index < -0.39 is 15.9 Å². The molecule has 2 amide bonds. The van der Waals surface area contributed by atoms with Gasteiger partial charge in [0.05, 0.1) is 24.3 Å². The van der Waals surface area contributed by atoms with Crippen molar-refractivity contribution in [3.8, 4) is 11.5 Å². The van der Waals surface area contributed by atoms with Gasteiger partial charge in [-0.2, -0.15) is 0 Å². The highest BCUT2D eigenvalue weighted by atomic mass is 32.2. The number of rotatable bonds is 9. The van der Waals surface area contributed by atoms with E-state index in [2.05, 4.69) is 15.4 Å². The summed E-state index contributed by atoms with van der Waals surface area (Å²) in [5, 5.41) is 5.35. The van der Waals surface area contributed by atoms with Crippen LogP contribution in [-0.4, -0.2) is 33.9 Å². The number of carbonyl (C=O) groups is 2. The molecule has 0 saturated heterocycles. The molecule has 3 N–H and O–H groups in total. The third-order valence-corrected chi connectivity index (χ3v) is 6.01. The molecule has 0 radical (unpaired) electrons. The molecule has 9 nitrogen and oxygen atoms in total. The van der Waals surface area contributed by atoms with Crippen LogP contribution in [0.4, 0.5) is 17.1 Å². The fourth-order valence-electron chi connectivity index (χ4n) is 3.07. The lowest BCUT2D eigenvalue weighted by atomic mass is 10.2. The first-order chi connectivity index (χ1) is 16.2. The maximum Gasteiger partial charge on any atom is 0.261 e. The molecule has 0 atom stereocenters. The van der Waals surface area contributed by atoms with Crippen molar-refractivity contribution in [1.29, 1.82) is 0 Å². The number of benzene rings is 3. The van der Waals surface area contributed by atoms with E-state index in [-0.39, 0.29) is 16.4 Å². The maximum atomic E-state index is 12.7. The van der Waals surface area contributed by atoms with Gasteiger partial charge in [0, 0.05) is 23.9 Å². The van der Waals surface area contributed by atoms with Crippen molar-refractivity contribution in [2.45, 2.75) is 18.7 Å². The molecule has 0 heterocycles. The Kier molecular flexibility index (Phi) is 7.75. The van der Waals surface area contributed by atoms with Crippen LogP contribution < -0.4 is 24.8 Å². The van der Waals surface area contributed by atoms with Crippen LogP contribution in [0.5, 0.6) is 11.5 Å². The summed E-state index contributed by atoms with van der Waals surface area (Å²) in [6, 6.07) is 16.9. The number of ether oxygens (including phenoxy) is 2. The molecule has 0 spiro atoms. The predicted molar refractivity (Wildman–Crippen MR) is 130 cm³/mol. The van der Waals surface area contributed by atoms with Crippen molar-refractivity contribution in [3.05, 3.63) is 72.3 Å². The zero-order valence-electron chi connectivity index (χ0n) is 18.9. The van der Waals surface area contributed by atoms with Crippen molar-refractivity contribution in [2.24, 2.45) is 0 Å². The molecule has 0 fully saturated rings. The van der Waals surface area contributed by atoms with Crippen LogP contribution in [-0.2, 0) is 14.8 Å². The Balaban J connectivity index is 1.73. The number of nitrogens with one attached hydrogen (secondary N) is 3. The van der Waals surface area contributed by atoms with Crippen LogP contribution in [0.15, 0.2) is 71.6 Å². The van der Waals surface area contributed by atoms with E-state index >= 15 is 0 Å². The third kappa shape index (κ3) is 6.26. The summed E-state index contributed by atoms with van der Waals surface area (Å²) >= 11 is 0. The maximum absolute atomic E-state index is 12.7. The molecule has 10 heteroatoms. The summed E-state index contributed by atoms with van der Waals surface area (Å²) in [6.07, 6.45) is 0. The van der Waals surface area contributed by atoms with Gasteiger partial charge in [-0.05, 0) is 73.7 Å². The van der Waals surface area contributed by atoms with Gasteiger partial charge in [0.1, 0.15) is 11.5 Å². The average molecular weight is 484 g/mol.